The van der Waals surface area contributed by atoms with Crippen LogP contribution in [0.25, 0.3) is 0 Å². The van der Waals surface area contributed by atoms with Gasteiger partial charge in [-0.2, -0.15) is 5.26 Å². The fourth-order valence-electron chi connectivity index (χ4n) is 0.895. The summed E-state index contributed by atoms with van der Waals surface area (Å²) in [4.78, 5) is 3.37. The zero-order valence-corrected chi connectivity index (χ0v) is 8.35. The van der Waals surface area contributed by atoms with E-state index < -0.39 is 17.9 Å². The van der Waals surface area contributed by atoms with Crippen molar-refractivity contribution < 1.29 is 13.2 Å². The Labute approximate surface area is 86.5 Å². The molecular formula is C8H4BrF3N2. The average Bonchev–Trinajstić information content (AvgIpc) is 2.16. The van der Waals surface area contributed by atoms with Gasteiger partial charge < -0.3 is 0 Å². The summed E-state index contributed by atoms with van der Waals surface area (Å²) < 4.78 is 37.3. The molecule has 0 atom stereocenters. The maximum absolute atomic E-state index is 12.9. The first-order chi connectivity index (χ1) is 6.60. The van der Waals surface area contributed by atoms with Gasteiger partial charge in [0.15, 0.2) is 5.82 Å². The third-order valence-electron chi connectivity index (χ3n) is 1.54. The molecule has 1 rings (SSSR count). The molecule has 0 saturated carbocycles. The molecule has 1 heterocycles. The lowest BCUT2D eigenvalue weighted by Gasteiger charge is -2.04. The molecule has 0 aliphatic heterocycles. The van der Waals surface area contributed by atoms with Crippen molar-refractivity contribution in [3.63, 3.8) is 0 Å². The van der Waals surface area contributed by atoms with Crippen LogP contribution in [0.1, 0.15) is 23.4 Å². The molecule has 0 radical (unpaired) electrons. The van der Waals surface area contributed by atoms with Crippen LogP contribution in [-0.4, -0.2) is 4.98 Å². The predicted molar refractivity (Wildman–Crippen MR) is 46.5 cm³/mol. The van der Waals surface area contributed by atoms with E-state index in [2.05, 4.69) is 20.9 Å². The molecule has 1 aromatic heterocycles. The van der Waals surface area contributed by atoms with Crippen LogP contribution in [0.3, 0.4) is 0 Å². The van der Waals surface area contributed by atoms with E-state index in [0.717, 1.165) is 6.07 Å². The van der Waals surface area contributed by atoms with Crippen LogP contribution in [0.15, 0.2) is 6.07 Å². The molecule has 6 heteroatoms. The standard InChI is InChI=1S/C8H4BrF3N2/c9-2-6-4(3-13)1-5(10)7(14-6)8(11)12/h1,8H,2H2. The van der Waals surface area contributed by atoms with Gasteiger partial charge in [-0.3, -0.25) is 0 Å². The first-order valence-corrected chi connectivity index (χ1v) is 4.65. The van der Waals surface area contributed by atoms with Crippen molar-refractivity contribution in [2.45, 2.75) is 11.8 Å². The molecule has 0 aromatic carbocycles. The van der Waals surface area contributed by atoms with E-state index in [1.165, 1.54) is 0 Å². The Kier molecular flexibility index (Phi) is 3.47. The van der Waals surface area contributed by atoms with Crippen LogP contribution in [0.5, 0.6) is 0 Å². The monoisotopic (exact) mass is 264 g/mol. The molecule has 0 spiro atoms. The molecular weight excluding hydrogens is 261 g/mol. The van der Waals surface area contributed by atoms with E-state index in [4.69, 9.17) is 5.26 Å². The summed E-state index contributed by atoms with van der Waals surface area (Å²) in [6.07, 6.45) is -2.97. The molecule has 0 saturated heterocycles. The topological polar surface area (TPSA) is 36.7 Å². The lowest BCUT2D eigenvalue weighted by Crippen LogP contribution is -2.01. The van der Waals surface area contributed by atoms with E-state index in [1.807, 2.05) is 0 Å². The second-order valence-corrected chi connectivity index (χ2v) is 2.96. The summed E-state index contributed by atoms with van der Waals surface area (Å²) in [5, 5.41) is 8.67. The van der Waals surface area contributed by atoms with Crippen LogP contribution in [-0.2, 0) is 5.33 Å². The molecule has 0 bridgehead atoms. The molecule has 0 N–H and O–H groups in total. The summed E-state index contributed by atoms with van der Waals surface area (Å²) in [5.41, 5.74) is -0.841. The van der Waals surface area contributed by atoms with Gasteiger partial charge in [-0.1, -0.05) is 15.9 Å². The lowest BCUT2D eigenvalue weighted by atomic mass is 10.2. The molecule has 0 aliphatic rings. The largest absolute Gasteiger partial charge is 0.283 e. The Morgan fingerprint density at radius 3 is 2.64 bits per heavy atom. The fourth-order valence-corrected chi connectivity index (χ4v) is 1.32. The summed E-state index contributed by atoms with van der Waals surface area (Å²) in [6.45, 7) is 0. The molecule has 0 aliphatic carbocycles. The van der Waals surface area contributed by atoms with E-state index in [-0.39, 0.29) is 16.6 Å². The van der Waals surface area contributed by atoms with Gasteiger partial charge in [0, 0.05) is 5.33 Å². The number of halogens is 4. The van der Waals surface area contributed by atoms with Gasteiger partial charge in [0.25, 0.3) is 6.43 Å². The smallest absolute Gasteiger partial charge is 0.246 e. The number of hydrogen-bond donors (Lipinski definition) is 0. The Balaban J connectivity index is 3.32. The van der Waals surface area contributed by atoms with Crippen molar-refractivity contribution in [1.82, 2.24) is 4.98 Å². The Hall–Kier alpha value is -1.09. The Morgan fingerprint density at radius 2 is 2.21 bits per heavy atom. The van der Waals surface area contributed by atoms with E-state index in [0.29, 0.717) is 0 Å². The average molecular weight is 265 g/mol. The first kappa shape index (κ1) is 11.0. The van der Waals surface area contributed by atoms with E-state index in [9.17, 15) is 13.2 Å². The second kappa shape index (κ2) is 4.42. The van der Waals surface area contributed by atoms with Crippen molar-refractivity contribution in [2.24, 2.45) is 0 Å². The maximum Gasteiger partial charge on any atom is 0.283 e. The minimum atomic E-state index is -2.97. The van der Waals surface area contributed by atoms with Crippen LogP contribution in [0.2, 0.25) is 0 Å². The number of rotatable bonds is 2. The number of nitrogens with zero attached hydrogens (tertiary/aromatic N) is 2. The predicted octanol–water partition coefficient (Wildman–Crippen LogP) is 2.92. The van der Waals surface area contributed by atoms with E-state index in [1.54, 1.807) is 6.07 Å². The second-order valence-electron chi connectivity index (χ2n) is 2.40. The number of hydrogen-bond acceptors (Lipinski definition) is 2. The molecule has 1 aromatic rings. The number of nitriles is 1. The summed E-state index contributed by atoms with van der Waals surface area (Å²) in [6, 6.07) is 2.45. The van der Waals surface area contributed by atoms with Crippen molar-refractivity contribution in [3.8, 4) is 6.07 Å². The zero-order valence-electron chi connectivity index (χ0n) is 6.77. The Bertz CT molecular complexity index is 386. The quantitative estimate of drug-likeness (QED) is 0.771. The minimum Gasteiger partial charge on any atom is -0.246 e. The molecule has 0 unspecified atom stereocenters. The summed E-state index contributed by atoms with van der Waals surface area (Å²) >= 11 is 2.98. The molecule has 74 valence electrons. The summed E-state index contributed by atoms with van der Waals surface area (Å²) in [7, 11) is 0. The normalized spacial score (nSPS) is 10.3. The molecule has 2 nitrogen and oxygen atoms in total. The van der Waals surface area contributed by atoms with Crippen molar-refractivity contribution in [3.05, 3.63) is 28.8 Å². The highest BCUT2D eigenvalue weighted by molar-refractivity contribution is 9.08. The van der Waals surface area contributed by atoms with Gasteiger partial charge in [-0.05, 0) is 6.07 Å². The number of alkyl halides is 3. The van der Waals surface area contributed by atoms with Gasteiger partial charge in [-0.15, -0.1) is 0 Å². The van der Waals surface area contributed by atoms with Crippen LogP contribution < -0.4 is 0 Å². The van der Waals surface area contributed by atoms with Gasteiger partial charge >= 0.3 is 0 Å². The maximum atomic E-state index is 12.9. The third kappa shape index (κ3) is 2.04. The SMILES string of the molecule is N#Cc1cc(F)c(C(F)F)nc1CBr. The number of pyridine rings is 1. The Morgan fingerprint density at radius 1 is 1.57 bits per heavy atom. The molecule has 0 fully saturated rings. The lowest BCUT2D eigenvalue weighted by molar-refractivity contribution is 0.140. The van der Waals surface area contributed by atoms with Gasteiger partial charge in [0.2, 0.25) is 0 Å². The van der Waals surface area contributed by atoms with Gasteiger partial charge in [0.1, 0.15) is 11.8 Å². The zero-order chi connectivity index (χ0) is 10.7. The van der Waals surface area contributed by atoms with Gasteiger partial charge in [-0.25, -0.2) is 18.2 Å². The highest BCUT2D eigenvalue weighted by Crippen LogP contribution is 2.22. The molecule has 0 amide bonds. The summed E-state index contributed by atoms with van der Waals surface area (Å²) in [5.74, 6) is -1.15. The van der Waals surface area contributed by atoms with Crippen LogP contribution in [0, 0.1) is 17.1 Å². The van der Waals surface area contributed by atoms with Crippen LogP contribution in [0.4, 0.5) is 13.2 Å². The van der Waals surface area contributed by atoms with Crippen molar-refractivity contribution in [2.75, 3.05) is 0 Å². The van der Waals surface area contributed by atoms with Crippen LogP contribution >= 0.6 is 15.9 Å². The minimum absolute atomic E-state index is 0.0382. The number of aromatic nitrogens is 1. The van der Waals surface area contributed by atoms with Crippen molar-refractivity contribution >= 4 is 15.9 Å². The van der Waals surface area contributed by atoms with Crippen molar-refractivity contribution in [1.29, 1.82) is 5.26 Å². The highest BCUT2D eigenvalue weighted by Gasteiger charge is 2.18. The van der Waals surface area contributed by atoms with E-state index >= 15 is 0 Å². The van der Waals surface area contributed by atoms with Gasteiger partial charge in [0.05, 0.1) is 11.3 Å². The highest BCUT2D eigenvalue weighted by atomic mass is 79.9. The molecule has 14 heavy (non-hydrogen) atoms. The fraction of sp³-hybridized carbons (Fsp3) is 0.250. The third-order valence-corrected chi connectivity index (χ3v) is 2.07. The first-order valence-electron chi connectivity index (χ1n) is 3.53.